The van der Waals surface area contributed by atoms with E-state index in [9.17, 15) is 0 Å². The molecule has 1 saturated carbocycles. The first kappa shape index (κ1) is 12.4. The number of hydrogen-bond acceptors (Lipinski definition) is 2. The summed E-state index contributed by atoms with van der Waals surface area (Å²) in [7, 11) is 0. The Balaban J connectivity index is 1.74. The lowest BCUT2D eigenvalue weighted by atomic mass is 9.66. The monoisotopic (exact) mass is 224 g/mol. The molecule has 0 aromatic carbocycles. The fourth-order valence-corrected chi connectivity index (χ4v) is 3.18. The maximum Gasteiger partial charge on any atom is 0.000958 e. The molecule has 0 aromatic heterocycles. The maximum absolute atomic E-state index is 5.92. The molecule has 0 spiro atoms. The van der Waals surface area contributed by atoms with E-state index in [1.807, 2.05) is 0 Å². The first-order valence-electron chi connectivity index (χ1n) is 7.08. The molecule has 16 heavy (non-hydrogen) atoms. The highest BCUT2D eigenvalue weighted by Crippen LogP contribution is 2.43. The lowest BCUT2D eigenvalue weighted by molar-refractivity contribution is 0.0791. The first-order valence-corrected chi connectivity index (χ1v) is 7.08. The Hall–Kier alpha value is -0.0800. The standard InChI is InChI=1S/C14H28N2/c1-12-4-8-16(10-13(12)2)9-7-14(11-15)5-3-6-14/h12-13H,3-11,15H2,1-2H3. The predicted molar refractivity (Wildman–Crippen MR) is 69.3 cm³/mol. The molecule has 2 heteroatoms. The van der Waals surface area contributed by atoms with Crippen molar-refractivity contribution in [3.05, 3.63) is 0 Å². The van der Waals surface area contributed by atoms with Gasteiger partial charge in [-0.25, -0.2) is 0 Å². The fraction of sp³-hybridized carbons (Fsp3) is 1.00. The summed E-state index contributed by atoms with van der Waals surface area (Å²) in [5, 5.41) is 0. The van der Waals surface area contributed by atoms with Gasteiger partial charge in [0.1, 0.15) is 0 Å². The van der Waals surface area contributed by atoms with Gasteiger partial charge < -0.3 is 10.6 Å². The molecule has 2 aliphatic rings. The summed E-state index contributed by atoms with van der Waals surface area (Å²) < 4.78 is 0. The van der Waals surface area contributed by atoms with Gasteiger partial charge >= 0.3 is 0 Å². The molecule has 2 atom stereocenters. The van der Waals surface area contributed by atoms with Crippen LogP contribution in [0.1, 0.15) is 46.0 Å². The van der Waals surface area contributed by atoms with Crippen molar-refractivity contribution in [2.24, 2.45) is 23.0 Å². The van der Waals surface area contributed by atoms with Gasteiger partial charge in [0.2, 0.25) is 0 Å². The van der Waals surface area contributed by atoms with Crippen molar-refractivity contribution < 1.29 is 0 Å². The molecule has 0 radical (unpaired) electrons. The van der Waals surface area contributed by atoms with Crippen molar-refractivity contribution >= 4 is 0 Å². The smallest absolute Gasteiger partial charge is 0.000958 e. The van der Waals surface area contributed by atoms with Crippen LogP contribution in [0.25, 0.3) is 0 Å². The molecule has 0 aromatic rings. The second-order valence-corrected chi connectivity index (χ2v) is 6.35. The number of hydrogen-bond donors (Lipinski definition) is 1. The predicted octanol–water partition coefficient (Wildman–Crippen LogP) is 2.48. The molecule has 0 bridgehead atoms. The molecule has 2 fully saturated rings. The summed E-state index contributed by atoms with van der Waals surface area (Å²) in [6, 6.07) is 0. The van der Waals surface area contributed by atoms with Crippen LogP contribution in [0.2, 0.25) is 0 Å². The molecule has 0 amide bonds. The van der Waals surface area contributed by atoms with Crippen LogP contribution in [-0.2, 0) is 0 Å². The van der Waals surface area contributed by atoms with E-state index in [0.29, 0.717) is 5.41 Å². The summed E-state index contributed by atoms with van der Waals surface area (Å²) in [5.74, 6) is 1.80. The number of nitrogens with zero attached hydrogens (tertiary/aromatic N) is 1. The van der Waals surface area contributed by atoms with Gasteiger partial charge in [-0.15, -0.1) is 0 Å². The summed E-state index contributed by atoms with van der Waals surface area (Å²) in [6.45, 7) is 9.61. The third kappa shape index (κ3) is 2.60. The third-order valence-electron chi connectivity index (χ3n) is 5.22. The highest BCUT2D eigenvalue weighted by Gasteiger charge is 2.35. The zero-order valence-corrected chi connectivity index (χ0v) is 11.0. The second-order valence-electron chi connectivity index (χ2n) is 6.35. The topological polar surface area (TPSA) is 29.3 Å². The van der Waals surface area contributed by atoms with E-state index in [1.54, 1.807) is 0 Å². The molecular weight excluding hydrogens is 196 g/mol. The van der Waals surface area contributed by atoms with E-state index < -0.39 is 0 Å². The van der Waals surface area contributed by atoms with Crippen molar-refractivity contribution in [1.29, 1.82) is 0 Å². The summed E-state index contributed by atoms with van der Waals surface area (Å²) in [5.41, 5.74) is 6.45. The average Bonchev–Trinajstić information content (AvgIpc) is 2.22. The fourth-order valence-electron chi connectivity index (χ4n) is 3.18. The SMILES string of the molecule is CC1CCN(CCC2(CN)CCC2)CC1C. The highest BCUT2D eigenvalue weighted by molar-refractivity contribution is 4.89. The van der Waals surface area contributed by atoms with E-state index >= 15 is 0 Å². The largest absolute Gasteiger partial charge is 0.330 e. The summed E-state index contributed by atoms with van der Waals surface area (Å²) in [6.07, 6.45) is 6.89. The second kappa shape index (κ2) is 5.05. The van der Waals surface area contributed by atoms with Crippen LogP contribution >= 0.6 is 0 Å². The van der Waals surface area contributed by atoms with Gasteiger partial charge in [0.05, 0.1) is 0 Å². The lowest BCUT2D eigenvalue weighted by Gasteiger charge is -2.43. The Morgan fingerprint density at radius 2 is 2.00 bits per heavy atom. The summed E-state index contributed by atoms with van der Waals surface area (Å²) in [4.78, 5) is 2.67. The Labute approximate surface area is 101 Å². The van der Waals surface area contributed by atoms with Gasteiger partial charge in [0.25, 0.3) is 0 Å². The van der Waals surface area contributed by atoms with Gasteiger partial charge in [-0.3, -0.25) is 0 Å². The minimum Gasteiger partial charge on any atom is -0.330 e. The van der Waals surface area contributed by atoms with Crippen LogP contribution in [0.5, 0.6) is 0 Å². The van der Waals surface area contributed by atoms with Crippen molar-refractivity contribution in [3.8, 4) is 0 Å². The van der Waals surface area contributed by atoms with Crippen molar-refractivity contribution in [3.63, 3.8) is 0 Å². The molecule has 94 valence electrons. The normalized spacial score (nSPS) is 34.7. The minimum atomic E-state index is 0.534. The van der Waals surface area contributed by atoms with Gasteiger partial charge in [-0.2, -0.15) is 0 Å². The molecular formula is C14H28N2. The minimum absolute atomic E-state index is 0.534. The quantitative estimate of drug-likeness (QED) is 0.795. The lowest BCUT2D eigenvalue weighted by Crippen LogP contribution is -2.44. The van der Waals surface area contributed by atoms with Crippen LogP contribution in [0.4, 0.5) is 0 Å². The molecule has 2 unspecified atom stereocenters. The maximum atomic E-state index is 5.92. The van der Waals surface area contributed by atoms with Crippen molar-refractivity contribution in [2.45, 2.75) is 46.0 Å². The van der Waals surface area contributed by atoms with Crippen LogP contribution in [0, 0.1) is 17.3 Å². The van der Waals surface area contributed by atoms with E-state index in [1.165, 1.54) is 51.7 Å². The van der Waals surface area contributed by atoms with E-state index in [4.69, 9.17) is 5.73 Å². The van der Waals surface area contributed by atoms with Gasteiger partial charge in [0.15, 0.2) is 0 Å². The van der Waals surface area contributed by atoms with Gasteiger partial charge in [-0.05, 0) is 62.6 Å². The molecule has 1 aliphatic carbocycles. The van der Waals surface area contributed by atoms with Crippen molar-refractivity contribution in [2.75, 3.05) is 26.2 Å². The van der Waals surface area contributed by atoms with Gasteiger partial charge in [-0.1, -0.05) is 20.3 Å². The van der Waals surface area contributed by atoms with E-state index in [0.717, 1.165) is 18.4 Å². The number of likely N-dealkylation sites (tertiary alicyclic amines) is 1. The molecule has 1 saturated heterocycles. The average molecular weight is 224 g/mol. The number of piperidine rings is 1. The molecule has 2 N–H and O–H groups in total. The van der Waals surface area contributed by atoms with E-state index in [2.05, 4.69) is 18.7 Å². The zero-order valence-electron chi connectivity index (χ0n) is 11.0. The molecule has 1 heterocycles. The molecule has 2 nitrogen and oxygen atoms in total. The Morgan fingerprint density at radius 3 is 2.50 bits per heavy atom. The van der Waals surface area contributed by atoms with Crippen LogP contribution in [0.15, 0.2) is 0 Å². The zero-order chi connectivity index (χ0) is 11.6. The Bertz CT molecular complexity index is 217. The van der Waals surface area contributed by atoms with Crippen LogP contribution in [0.3, 0.4) is 0 Å². The van der Waals surface area contributed by atoms with Crippen LogP contribution < -0.4 is 5.73 Å². The van der Waals surface area contributed by atoms with Crippen molar-refractivity contribution in [1.82, 2.24) is 4.90 Å². The van der Waals surface area contributed by atoms with E-state index in [-0.39, 0.29) is 0 Å². The Morgan fingerprint density at radius 1 is 1.25 bits per heavy atom. The highest BCUT2D eigenvalue weighted by atomic mass is 15.1. The third-order valence-corrected chi connectivity index (χ3v) is 5.22. The van der Waals surface area contributed by atoms with Gasteiger partial charge in [0, 0.05) is 6.54 Å². The number of rotatable bonds is 4. The molecule has 1 aliphatic heterocycles. The number of nitrogens with two attached hydrogens (primary N) is 1. The molecule has 2 rings (SSSR count). The van der Waals surface area contributed by atoms with Crippen LogP contribution in [-0.4, -0.2) is 31.1 Å². The summed E-state index contributed by atoms with van der Waals surface area (Å²) >= 11 is 0. The Kier molecular flexibility index (Phi) is 3.91. The first-order chi connectivity index (χ1) is 7.65.